The third-order valence-electron chi connectivity index (χ3n) is 3.95. The molecular formula is C16H19NO3. The van der Waals surface area contributed by atoms with Gasteiger partial charge in [-0.05, 0) is 49.7 Å². The molecule has 1 amide bonds. The molecule has 0 spiro atoms. The van der Waals surface area contributed by atoms with Crippen LogP contribution in [0.15, 0.2) is 24.3 Å². The molecule has 0 unspecified atom stereocenters. The number of hydrogen-bond acceptors (Lipinski definition) is 3. The molecule has 2 fully saturated rings. The average molecular weight is 273 g/mol. The summed E-state index contributed by atoms with van der Waals surface area (Å²) in [6.45, 7) is 0.0122. The third-order valence-corrected chi connectivity index (χ3v) is 3.95. The van der Waals surface area contributed by atoms with E-state index in [4.69, 9.17) is 4.74 Å². The predicted octanol–water partition coefficient (Wildman–Crippen LogP) is 2.18. The molecule has 1 aromatic rings. The van der Waals surface area contributed by atoms with Crippen molar-refractivity contribution in [2.45, 2.75) is 31.7 Å². The van der Waals surface area contributed by atoms with E-state index in [1.54, 1.807) is 24.3 Å². The second-order valence-corrected chi connectivity index (χ2v) is 5.75. The number of nitrogens with one attached hydrogen (secondary N) is 1. The number of carbonyl (C=O) groups excluding carboxylic acids is 2. The number of amides is 1. The first-order chi connectivity index (χ1) is 9.76. The Labute approximate surface area is 118 Å². The van der Waals surface area contributed by atoms with Gasteiger partial charge in [0.05, 0.1) is 0 Å². The molecule has 2 aliphatic rings. The quantitative estimate of drug-likeness (QED) is 0.775. The van der Waals surface area contributed by atoms with Crippen LogP contribution in [-0.2, 0) is 4.79 Å². The number of carbonyl (C=O) groups is 2. The Morgan fingerprint density at radius 2 is 2.00 bits per heavy atom. The van der Waals surface area contributed by atoms with E-state index in [1.165, 1.54) is 25.7 Å². The van der Waals surface area contributed by atoms with Gasteiger partial charge < -0.3 is 10.1 Å². The topological polar surface area (TPSA) is 55.4 Å². The zero-order valence-electron chi connectivity index (χ0n) is 11.4. The highest BCUT2D eigenvalue weighted by atomic mass is 16.5. The molecule has 1 N–H and O–H groups in total. The van der Waals surface area contributed by atoms with Crippen molar-refractivity contribution in [2.24, 2.45) is 11.8 Å². The van der Waals surface area contributed by atoms with Gasteiger partial charge in [0.15, 0.2) is 6.61 Å². The standard InChI is InChI=1S/C16H19NO3/c18-9-11-2-1-3-14(8-11)20-10-15(19)17-16(12-4-5-12)13-6-7-13/h1-3,8-9,12-13,16H,4-7,10H2,(H,17,19). The molecule has 0 aromatic heterocycles. The molecule has 20 heavy (non-hydrogen) atoms. The average Bonchev–Trinajstić information content (AvgIpc) is 3.35. The molecule has 4 nitrogen and oxygen atoms in total. The first-order valence-corrected chi connectivity index (χ1v) is 7.23. The number of ether oxygens (including phenoxy) is 1. The largest absolute Gasteiger partial charge is 0.484 e. The molecule has 0 heterocycles. The molecule has 0 bridgehead atoms. The van der Waals surface area contributed by atoms with Crippen LogP contribution in [0.25, 0.3) is 0 Å². The first-order valence-electron chi connectivity index (χ1n) is 7.23. The highest BCUT2D eigenvalue weighted by molar-refractivity contribution is 5.78. The van der Waals surface area contributed by atoms with Crippen LogP contribution in [0, 0.1) is 11.8 Å². The first kappa shape index (κ1) is 13.2. The van der Waals surface area contributed by atoms with Gasteiger partial charge in [-0.15, -0.1) is 0 Å². The van der Waals surface area contributed by atoms with Gasteiger partial charge >= 0.3 is 0 Å². The molecule has 0 atom stereocenters. The molecule has 0 saturated heterocycles. The summed E-state index contributed by atoms with van der Waals surface area (Å²) < 4.78 is 5.44. The smallest absolute Gasteiger partial charge is 0.258 e. The number of rotatable bonds is 7. The molecule has 4 heteroatoms. The molecule has 1 aromatic carbocycles. The van der Waals surface area contributed by atoms with Gasteiger partial charge in [-0.1, -0.05) is 12.1 Å². The Bertz CT molecular complexity index is 494. The summed E-state index contributed by atoms with van der Waals surface area (Å²) in [4.78, 5) is 22.6. The molecule has 2 aliphatic carbocycles. The summed E-state index contributed by atoms with van der Waals surface area (Å²) in [6, 6.07) is 7.19. The Morgan fingerprint density at radius 3 is 2.60 bits per heavy atom. The van der Waals surface area contributed by atoms with Gasteiger partial charge in [-0.3, -0.25) is 9.59 Å². The lowest BCUT2D eigenvalue weighted by atomic mass is 10.1. The van der Waals surface area contributed by atoms with Crippen molar-refractivity contribution >= 4 is 12.2 Å². The summed E-state index contributed by atoms with van der Waals surface area (Å²) >= 11 is 0. The SMILES string of the molecule is O=Cc1cccc(OCC(=O)NC(C2CC2)C2CC2)c1. The molecular weight excluding hydrogens is 254 g/mol. The Kier molecular flexibility index (Phi) is 3.72. The fourth-order valence-corrected chi connectivity index (χ4v) is 2.59. The van der Waals surface area contributed by atoms with Crippen molar-refractivity contribution in [2.75, 3.05) is 6.61 Å². The second-order valence-electron chi connectivity index (χ2n) is 5.75. The minimum absolute atomic E-state index is 0.0122. The summed E-state index contributed by atoms with van der Waals surface area (Å²) in [5.74, 6) is 1.86. The van der Waals surface area contributed by atoms with Crippen molar-refractivity contribution in [1.82, 2.24) is 5.32 Å². The van der Waals surface area contributed by atoms with E-state index in [9.17, 15) is 9.59 Å². The molecule has 0 radical (unpaired) electrons. The third kappa shape index (κ3) is 3.38. The molecule has 106 valence electrons. The van der Waals surface area contributed by atoms with Crippen molar-refractivity contribution in [3.63, 3.8) is 0 Å². The van der Waals surface area contributed by atoms with Gasteiger partial charge in [0, 0.05) is 11.6 Å². The van der Waals surface area contributed by atoms with Crippen LogP contribution in [0.4, 0.5) is 0 Å². The highest BCUT2D eigenvalue weighted by Gasteiger charge is 2.42. The Hall–Kier alpha value is -1.84. The fraction of sp³-hybridized carbons (Fsp3) is 0.500. The van der Waals surface area contributed by atoms with Crippen molar-refractivity contribution in [3.05, 3.63) is 29.8 Å². The molecule has 3 rings (SSSR count). The Morgan fingerprint density at radius 1 is 1.30 bits per heavy atom. The van der Waals surface area contributed by atoms with Crippen LogP contribution < -0.4 is 10.1 Å². The summed E-state index contributed by atoms with van der Waals surface area (Å²) in [6.07, 6.45) is 5.73. The van der Waals surface area contributed by atoms with E-state index in [0.717, 1.165) is 6.29 Å². The van der Waals surface area contributed by atoms with E-state index in [-0.39, 0.29) is 12.5 Å². The second kappa shape index (κ2) is 5.65. The van der Waals surface area contributed by atoms with Gasteiger partial charge in [0.1, 0.15) is 12.0 Å². The summed E-state index contributed by atoms with van der Waals surface area (Å²) in [7, 11) is 0. The maximum atomic E-state index is 11.9. The van der Waals surface area contributed by atoms with Crippen LogP contribution in [-0.4, -0.2) is 24.8 Å². The number of benzene rings is 1. The Balaban J connectivity index is 1.49. The van der Waals surface area contributed by atoms with Gasteiger partial charge in [0.25, 0.3) is 5.91 Å². The van der Waals surface area contributed by atoms with E-state index in [2.05, 4.69) is 5.32 Å². The summed E-state index contributed by atoms with van der Waals surface area (Å²) in [5.41, 5.74) is 0.553. The maximum absolute atomic E-state index is 11.9. The van der Waals surface area contributed by atoms with Crippen LogP contribution in [0.2, 0.25) is 0 Å². The van der Waals surface area contributed by atoms with Crippen LogP contribution in [0.5, 0.6) is 5.75 Å². The summed E-state index contributed by atoms with van der Waals surface area (Å²) in [5, 5.41) is 3.11. The van der Waals surface area contributed by atoms with Crippen molar-refractivity contribution in [1.29, 1.82) is 0 Å². The molecule has 0 aliphatic heterocycles. The van der Waals surface area contributed by atoms with Crippen molar-refractivity contribution in [3.8, 4) is 5.75 Å². The zero-order valence-corrected chi connectivity index (χ0v) is 11.4. The van der Waals surface area contributed by atoms with Gasteiger partial charge in [-0.25, -0.2) is 0 Å². The lowest BCUT2D eigenvalue weighted by molar-refractivity contribution is -0.124. The van der Waals surface area contributed by atoms with E-state index < -0.39 is 0 Å². The lowest BCUT2D eigenvalue weighted by Crippen LogP contribution is -2.40. The highest BCUT2D eigenvalue weighted by Crippen LogP contribution is 2.44. The van der Waals surface area contributed by atoms with Crippen LogP contribution in [0.3, 0.4) is 0 Å². The van der Waals surface area contributed by atoms with E-state index >= 15 is 0 Å². The lowest BCUT2D eigenvalue weighted by Gasteiger charge is -2.17. The zero-order chi connectivity index (χ0) is 13.9. The van der Waals surface area contributed by atoms with Crippen LogP contribution in [0.1, 0.15) is 36.0 Å². The van der Waals surface area contributed by atoms with Gasteiger partial charge in [-0.2, -0.15) is 0 Å². The van der Waals surface area contributed by atoms with E-state index in [1.807, 2.05) is 0 Å². The van der Waals surface area contributed by atoms with E-state index in [0.29, 0.717) is 29.2 Å². The fourth-order valence-electron chi connectivity index (χ4n) is 2.59. The molecule has 2 saturated carbocycles. The minimum atomic E-state index is -0.0645. The maximum Gasteiger partial charge on any atom is 0.258 e. The van der Waals surface area contributed by atoms with Crippen molar-refractivity contribution < 1.29 is 14.3 Å². The monoisotopic (exact) mass is 273 g/mol. The number of hydrogen-bond donors (Lipinski definition) is 1. The van der Waals surface area contributed by atoms with Crippen LogP contribution >= 0.6 is 0 Å². The minimum Gasteiger partial charge on any atom is -0.484 e. The number of aldehydes is 1. The normalized spacial score (nSPS) is 17.9. The van der Waals surface area contributed by atoms with Gasteiger partial charge in [0.2, 0.25) is 0 Å². The predicted molar refractivity (Wildman–Crippen MR) is 74.7 cm³/mol.